The molecular formula is C30H45N3O2. The van der Waals surface area contributed by atoms with Gasteiger partial charge in [0.1, 0.15) is 5.75 Å². The van der Waals surface area contributed by atoms with Crippen LogP contribution in [0.25, 0.3) is 0 Å². The summed E-state index contributed by atoms with van der Waals surface area (Å²) in [7, 11) is 2.16. The van der Waals surface area contributed by atoms with Crippen LogP contribution in [0.5, 0.6) is 5.75 Å². The summed E-state index contributed by atoms with van der Waals surface area (Å²) in [5, 5.41) is 3.14. The number of hydrogen-bond acceptors (Lipinski definition) is 4. The normalized spacial score (nSPS) is 15.2. The predicted octanol–water partition coefficient (Wildman–Crippen LogP) is 5.45. The largest absolute Gasteiger partial charge is 0.493 e. The zero-order valence-electron chi connectivity index (χ0n) is 22.9. The highest BCUT2D eigenvalue weighted by molar-refractivity contribution is 5.94. The number of nitrogens with zero attached hydrogens (tertiary/aromatic N) is 2. The third kappa shape index (κ3) is 7.31. The number of amides is 1. The van der Waals surface area contributed by atoms with Gasteiger partial charge in [0.05, 0.1) is 6.61 Å². The van der Waals surface area contributed by atoms with Crippen molar-refractivity contribution in [3.8, 4) is 5.75 Å². The second kappa shape index (κ2) is 12.5. The molecule has 5 heteroatoms. The molecule has 192 valence electrons. The van der Waals surface area contributed by atoms with Crippen molar-refractivity contribution >= 4 is 5.91 Å². The third-order valence-corrected chi connectivity index (χ3v) is 7.53. The van der Waals surface area contributed by atoms with Crippen LogP contribution in [0, 0.1) is 33.6 Å². The number of unbranched alkanes of at least 4 members (excludes halogenated alkanes) is 1. The first kappa shape index (κ1) is 27.2. The average molecular weight is 480 g/mol. The lowest BCUT2D eigenvalue weighted by molar-refractivity contribution is 0.0569. The minimum absolute atomic E-state index is 0.0303. The van der Waals surface area contributed by atoms with Gasteiger partial charge in [0.15, 0.2) is 0 Å². The van der Waals surface area contributed by atoms with Gasteiger partial charge in [0.2, 0.25) is 0 Å². The van der Waals surface area contributed by atoms with E-state index in [4.69, 9.17) is 4.74 Å². The summed E-state index contributed by atoms with van der Waals surface area (Å²) in [5.74, 6) is 1.55. The van der Waals surface area contributed by atoms with Crippen LogP contribution in [-0.4, -0.2) is 62.1 Å². The van der Waals surface area contributed by atoms with Crippen LogP contribution in [0.1, 0.15) is 70.9 Å². The number of carbonyl (C=O) groups is 1. The Morgan fingerprint density at radius 2 is 1.77 bits per heavy atom. The predicted molar refractivity (Wildman–Crippen MR) is 146 cm³/mol. The van der Waals surface area contributed by atoms with Gasteiger partial charge in [0, 0.05) is 37.2 Å². The van der Waals surface area contributed by atoms with Crippen molar-refractivity contribution in [1.29, 1.82) is 0 Å². The number of ether oxygens (including phenoxy) is 1. The Hall–Kier alpha value is -2.37. The summed E-state index contributed by atoms with van der Waals surface area (Å²) >= 11 is 0. The first-order valence-corrected chi connectivity index (χ1v) is 13.2. The molecule has 0 spiro atoms. The van der Waals surface area contributed by atoms with Crippen LogP contribution in [-0.2, 0) is 0 Å². The highest BCUT2D eigenvalue weighted by atomic mass is 16.5. The lowest BCUT2D eigenvalue weighted by atomic mass is 9.91. The summed E-state index contributed by atoms with van der Waals surface area (Å²) < 4.78 is 6.12. The fraction of sp³-hybridized carbons (Fsp3) is 0.567. The number of likely N-dealkylation sites (tertiary alicyclic amines) is 1. The second-order valence-electron chi connectivity index (χ2n) is 10.4. The lowest BCUT2D eigenvalue weighted by Gasteiger charge is -2.44. The van der Waals surface area contributed by atoms with Crippen LogP contribution in [0.15, 0.2) is 30.3 Å². The van der Waals surface area contributed by atoms with E-state index in [2.05, 4.69) is 68.1 Å². The number of benzene rings is 2. The molecule has 0 aromatic heterocycles. The molecule has 5 nitrogen and oxygen atoms in total. The Labute approximate surface area is 212 Å². The van der Waals surface area contributed by atoms with Crippen LogP contribution in [0.2, 0.25) is 0 Å². The van der Waals surface area contributed by atoms with E-state index in [1.165, 1.54) is 23.1 Å². The molecule has 1 atom stereocenters. The summed E-state index contributed by atoms with van der Waals surface area (Å²) in [6.07, 6.45) is 2.24. The van der Waals surface area contributed by atoms with Crippen LogP contribution >= 0.6 is 0 Å². The van der Waals surface area contributed by atoms with Gasteiger partial charge >= 0.3 is 0 Å². The summed E-state index contributed by atoms with van der Waals surface area (Å²) in [6, 6.07) is 10.8. The van der Waals surface area contributed by atoms with Crippen molar-refractivity contribution < 1.29 is 9.53 Å². The maximum absolute atomic E-state index is 12.6. The third-order valence-electron chi connectivity index (χ3n) is 7.53. The van der Waals surface area contributed by atoms with Gasteiger partial charge in [-0.25, -0.2) is 0 Å². The van der Waals surface area contributed by atoms with Gasteiger partial charge in [0.25, 0.3) is 5.91 Å². The Morgan fingerprint density at radius 1 is 1.09 bits per heavy atom. The molecular weight excluding hydrogens is 434 g/mol. The van der Waals surface area contributed by atoms with Gasteiger partial charge in [-0.3, -0.25) is 9.69 Å². The first-order chi connectivity index (χ1) is 16.7. The van der Waals surface area contributed by atoms with E-state index in [9.17, 15) is 4.79 Å². The number of rotatable bonds is 12. The van der Waals surface area contributed by atoms with Crippen LogP contribution in [0.3, 0.4) is 0 Å². The van der Waals surface area contributed by atoms with E-state index in [0.29, 0.717) is 12.0 Å². The average Bonchev–Trinajstić information content (AvgIpc) is 2.79. The highest BCUT2D eigenvalue weighted by Crippen LogP contribution is 2.34. The SMILES string of the molecule is CCN(C)CCCCOc1ccc(C(C)N2CC(CNC(=O)c3cc(C)cc(C)c3)C2)c(C)c1C. The zero-order chi connectivity index (χ0) is 25.5. The van der Waals surface area contributed by atoms with Crippen LogP contribution < -0.4 is 10.1 Å². The first-order valence-electron chi connectivity index (χ1n) is 13.2. The van der Waals surface area contributed by atoms with Crippen molar-refractivity contribution in [3.05, 3.63) is 63.7 Å². The maximum Gasteiger partial charge on any atom is 0.251 e. The lowest BCUT2D eigenvalue weighted by Crippen LogP contribution is -2.52. The van der Waals surface area contributed by atoms with E-state index in [1.807, 2.05) is 26.0 Å². The monoisotopic (exact) mass is 479 g/mol. The van der Waals surface area contributed by atoms with Crippen molar-refractivity contribution in [3.63, 3.8) is 0 Å². The molecule has 0 aliphatic carbocycles. The van der Waals surface area contributed by atoms with Gasteiger partial charge in [-0.15, -0.1) is 0 Å². The fourth-order valence-corrected chi connectivity index (χ4v) is 4.95. The molecule has 35 heavy (non-hydrogen) atoms. The molecule has 1 amide bonds. The number of hydrogen-bond donors (Lipinski definition) is 1. The Bertz CT molecular complexity index is 977. The topological polar surface area (TPSA) is 44.8 Å². The van der Waals surface area contributed by atoms with Crippen molar-refractivity contribution in [2.75, 3.05) is 46.4 Å². The number of nitrogens with one attached hydrogen (secondary N) is 1. The van der Waals surface area contributed by atoms with Crippen molar-refractivity contribution in [2.45, 2.75) is 60.4 Å². The minimum atomic E-state index is 0.0303. The molecule has 1 saturated heterocycles. The van der Waals surface area contributed by atoms with E-state index in [0.717, 1.165) is 68.2 Å². The molecule has 1 heterocycles. The zero-order valence-corrected chi connectivity index (χ0v) is 22.9. The van der Waals surface area contributed by atoms with Crippen molar-refractivity contribution in [1.82, 2.24) is 15.1 Å². The summed E-state index contributed by atoms with van der Waals surface area (Å²) in [5.41, 5.74) is 6.96. The van der Waals surface area contributed by atoms with E-state index in [-0.39, 0.29) is 5.91 Å². The van der Waals surface area contributed by atoms with Gasteiger partial charge < -0.3 is 15.0 Å². The quantitative estimate of drug-likeness (QED) is 0.411. The highest BCUT2D eigenvalue weighted by Gasteiger charge is 2.32. The fourth-order valence-electron chi connectivity index (χ4n) is 4.95. The molecule has 2 aromatic rings. The molecule has 0 bridgehead atoms. The van der Waals surface area contributed by atoms with Gasteiger partial charge in [-0.2, -0.15) is 0 Å². The maximum atomic E-state index is 12.6. The number of carbonyl (C=O) groups excluding carboxylic acids is 1. The Morgan fingerprint density at radius 3 is 2.43 bits per heavy atom. The second-order valence-corrected chi connectivity index (χ2v) is 10.4. The standard InChI is InChI=1S/C30H45N3O2/c1-8-32(7)13-9-10-14-35-29-12-11-28(23(4)24(29)5)25(6)33-19-26(20-33)18-31-30(34)27-16-21(2)15-22(3)17-27/h11-12,15-17,25-26H,8-10,13-14,18-20H2,1-7H3,(H,31,34). The van der Waals surface area contributed by atoms with Crippen LogP contribution in [0.4, 0.5) is 0 Å². The molecule has 2 aromatic carbocycles. The molecule has 1 aliphatic heterocycles. The number of aryl methyl sites for hydroxylation is 2. The molecule has 1 N–H and O–H groups in total. The molecule has 0 saturated carbocycles. The molecule has 1 unspecified atom stereocenters. The molecule has 3 rings (SSSR count). The van der Waals surface area contributed by atoms with Gasteiger partial charge in [-0.05, 0) is 102 Å². The van der Waals surface area contributed by atoms with E-state index >= 15 is 0 Å². The van der Waals surface area contributed by atoms with E-state index < -0.39 is 0 Å². The summed E-state index contributed by atoms with van der Waals surface area (Å²) in [4.78, 5) is 17.4. The molecule has 1 aliphatic rings. The minimum Gasteiger partial charge on any atom is -0.493 e. The van der Waals surface area contributed by atoms with Crippen molar-refractivity contribution in [2.24, 2.45) is 5.92 Å². The smallest absolute Gasteiger partial charge is 0.251 e. The van der Waals surface area contributed by atoms with E-state index in [1.54, 1.807) is 0 Å². The Kier molecular flexibility index (Phi) is 9.76. The Balaban J connectivity index is 1.45. The molecule has 1 fully saturated rings. The van der Waals surface area contributed by atoms with Gasteiger partial charge in [-0.1, -0.05) is 30.2 Å². The summed E-state index contributed by atoms with van der Waals surface area (Å²) in [6.45, 7) is 18.7. The molecule has 0 radical (unpaired) electrons.